The largest absolute Gasteiger partial charge is 0.339 e. The maximum atomic E-state index is 13.2. The number of benzene rings is 2. The highest BCUT2D eigenvalue weighted by atomic mass is 16.2. The van der Waals surface area contributed by atoms with E-state index in [0.717, 1.165) is 22.2 Å². The van der Waals surface area contributed by atoms with E-state index in [2.05, 4.69) is 0 Å². The third-order valence-corrected chi connectivity index (χ3v) is 5.46. The highest BCUT2D eigenvalue weighted by Crippen LogP contribution is 2.25. The van der Waals surface area contributed by atoms with E-state index in [9.17, 15) is 9.59 Å². The molecular weight excluding hydrogens is 338 g/mol. The summed E-state index contributed by atoms with van der Waals surface area (Å²) in [6, 6.07) is 17.1. The van der Waals surface area contributed by atoms with Crippen LogP contribution in [0.4, 0.5) is 5.69 Å². The fraction of sp³-hybridized carbons (Fsp3) is 0.273. The summed E-state index contributed by atoms with van der Waals surface area (Å²) in [5.74, 6) is -0.141. The maximum absolute atomic E-state index is 13.2. The van der Waals surface area contributed by atoms with Crippen molar-refractivity contribution < 1.29 is 9.59 Å². The predicted molar refractivity (Wildman–Crippen MR) is 107 cm³/mol. The van der Waals surface area contributed by atoms with Crippen molar-refractivity contribution in [3.05, 3.63) is 65.9 Å². The van der Waals surface area contributed by atoms with Crippen LogP contribution in [-0.4, -0.2) is 40.4 Å². The number of fused-ring (bicyclic) bond motifs is 1. The first-order chi connectivity index (χ1) is 13.0. The Labute approximate surface area is 158 Å². The number of para-hydroxylation sites is 2. The third kappa shape index (κ3) is 2.79. The second-order valence-corrected chi connectivity index (χ2v) is 7.10. The first-order valence-corrected chi connectivity index (χ1v) is 9.21. The minimum Gasteiger partial charge on any atom is -0.339 e. The standard InChI is InChI=1S/C22H23N3O2/c1-15-8-7-9-17-14-19(23(3)20(15)17)22(27)24-12-13-25(21(26)16(24)2)18-10-5-4-6-11-18/h4-11,14,16H,12-13H2,1-3H3/t16-/m0/s1. The van der Waals surface area contributed by atoms with Crippen LogP contribution in [0.25, 0.3) is 10.9 Å². The monoisotopic (exact) mass is 361 g/mol. The lowest BCUT2D eigenvalue weighted by Gasteiger charge is -2.39. The molecule has 2 aromatic carbocycles. The van der Waals surface area contributed by atoms with Gasteiger partial charge in [-0.25, -0.2) is 0 Å². The van der Waals surface area contributed by atoms with E-state index in [-0.39, 0.29) is 11.8 Å². The second kappa shape index (κ2) is 6.58. The van der Waals surface area contributed by atoms with Crippen LogP contribution in [0.3, 0.4) is 0 Å². The molecule has 0 spiro atoms. The summed E-state index contributed by atoms with van der Waals surface area (Å²) in [7, 11) is 1.91. The van der Waals surface area contributed by atoms with Gasteiger partial charge in [0.1, 0.15) is 11.7 Å². The summed E-state index contributed by atoms with van der Waals surface area (Å²) in [5, 5.41) is 1.04. The molecule has 0 aliphatic carbocycles. The van der Waals surface area contributed by atoms with E-state index in [1.54, 1.807) is 9.80 Å². The maximum Gasteiger partial charge on any atom is 0.271 e. The van der Waals surface area contributed by atoms with Gasteiger partial charge in [-0.1, -0.05) is 36.4 Å². The van der Waals surface area contributed by atoms with Gasteiger partial charge in [0.05, 0.1) is 5.52 Å². The molecule has 5 nitrogen and oxygen atoms in total. The van der Waals surface area contributed by atoms with Crippen molar-refractivity contribution in [2.45, 2.75) is 19.9 Å². The second-order valence-electron chi connectivity index (χ2n) is 7.10. The van der Waals surface area contributed by atoms with Crippen molar-refractivity contribution in [2.75, 3.05) is 18.0 Å². The number of hydrogen-bond acceptors (Lipinski definition) is 2. The number of nitrogens with zero attached hydrogens (tertiary/aromatic N) is 3. The van der Waals surface area contributed by atoms with E-state index in [4.69, 9.17) is 0 Å². The van der Waals surface area contributed by atoms with Crippen LogP contribution < -0.4 is 4.90 Å². The average molecular weight is 361 g/mol. The van der Waals surface area contributed by atoms with Crippen LogP contribution in [0.1, 0.15) is 23.0 Å². The van der Waals surface area contributed by atoms with E-state index in [1.807, 2.05) is 80.1 Å². The van der Waals surface area contributed by atoms with Gasteiger partial charge < -0.3 is 14.4 Å². The zero-order valence-corrected chi connectivity index (χ0v) is 15.8. The highest BCUT2D eigenvalue weighted by molar-refractivity contribution is 6.05. The highest BCUT2D eigenvalue weighted by Gasteiger charge is 2.36. The molecular formula is C22H23N3O2. The Hall–Kier alpha value is -3.08. The Morgan fingerprint density at radius 3 is 2.48 bits per heavy atom. The molecule has 3 aromatic rings. The van der Waals surface area contributed by atoms with Gasteiger partial charge >= 0.3 is 0 Å². The number of piperazine rings is 1. The number of hydrogen-bond donors (Lipinski definition) is 0. The van der Waals surface area contributed by atoms with Crippen molar-refractivity contribution in [2.24, 2.45) is 7.05 Å². The number of aromatic nitrogens is 1. The van der Waals surface area contributed by atoms with E-state index in [0.29, 0.717) is 18.8 Å². The van der Waals surface area contributed by atoms with Crippen LogP contribution in [0.15, 0.2) is 54.6 Å². The Bertz CT molecular complexity index is 1020. The van der Waals surface area contributed by atoms with Gasteiger partial charge in [0.15, 0.2) is 0 Å². The van der Waals surface area contributed by atoms with Crippen LogP contribution in [-0.2, 0) is 11.8 Å². The normalized spacial score (nSPS) is 17.6. The molecule has 2 heterocycles. The van der Waals surface area contributed by atoms with Gasteiger partial charge in [0, 0.05) is 31.2 Å². The van der Waals surface area contributed by atoms with E-state index in [1.165, 1.54) is 0 Å². The zero-order valence-electron chi connectivity index (χ0n) is 15.8. The van der Waals surface area contributed by atoms with E-state index >= 15 is 0 Å². The average Bonchev–Trinajstić information content (AvgIpc) is 3.02. The lowest BCUT2D eigenvalue weighted by Crippen LogP contribution is -2.58. The van der Waals surface area contributed by atoms with Crippen molar-refractivity contribution in [1.29, 1.82) is 0 Å². The minimum atomic E-state index is -0.495. The number of amides is 2. The molecule has 0 N–H and O–H groups in total. The number of carbonyl (C=O) groups excluding carboxylic acids is 2. The molecule has 0 saturated carbocycles. The molecule has 5 heteroatoms. The van der Waals surface area contributed by atoms with Crippen molar-refractivity contribution >= 4 is 28.4 Å². The van der Waals surface area contributed by atoms with Gasteiger partial charge in [-0.2, -0.15) is 0 Å². The molecule has 1 aromatic heterocycles. The number of anilines is 1. The summed E-state index contributed by atoms with van der Waals surface area (Å²) in [6.45, 7) is 4.87. The Balaban J connectivity index is 1.63. The molecule has 4 rings (SSSR count). The molecule has 1 fully saturated rings. The molecule has 1 atom stereocenters. The van der Waals surface area contributed by atoms with Gasteiger partial charge in [-0.3, -0.25) is 9.59 Å². The topological polar surface area (TPSA) is 45.6 Å². The molecule has 1 aliphatic heterocycles. The Kier molecular flexibility index (Phi) is 4.22. The third-order valence-electron chi connectivity index (χ3n) is 5.46. The van der Waals surface area contributed by atoms with Crippen molar-refractivity contribution in [1.82, 2.24) is 9.47 Å². The molecule has 1 aliphatic rings. The van der Waals surface area contributed by atoms with Gasteiger partial charge in [-0.15, -0.1) is 0 Å². The predicted octanol–water partition coefficient (Wildman–Crippen LogP) is 3.36. The molecule has 0 unspecified atom stereocenters. The molecule has 0 radical (unpaired) electrons. The summed E-state index contributed by atoms with van der Waals surface area (Å²) in [4.78, 5) is 29.6. The smallest absolute Gasteiger partial charge is 0.271 e. The van der Waals surface area contributed by atoms with Crippen LogP contribution in [0.2, 0.25) is 0 Å². The lowest BCUT2D eigenvalue weighted by atomic mass is 10.1. The van der Waals surface area contributed by atoms with Crippen LogP contribution in [0, 0.1) is 6.92 Å². The zero-order chi connectivity index (χ0) is 19.1. The Morgan fingerprint density at radius 1 is 1.04 bits per heavy atom. The molecule has 2 amide bonds. The van der Waals surface area contributed by atoms with E-state index < -0.39 is 6.04 Å². The van der Waals surface area contributed by atoms with Gasteiger partial charge in [0.25, 0.3) is 5.91 Å². The van der Waals surface area contributed by atoms with Crippen molar-refractivity contribution in [3.63, 3.8) is 0 Å². The molecule has 27 heavy (non-hydrogen) atoms. The molecule has 1 saturated heterocycles. The van der Waals surface area contributed by atoms with Gasteiger partial charge in [0.2, 0.25) is 5.91 Å². The molecule has 0 bridgehead atoms. The van der Waals surface area contributed by atoms with Crippen LogP contribution in [0.5, 0.6) is 0 Å². The van der Waals surface area contributed by atoms with Gasteiger partial charge in [-0.05, 0) is 37.6 Å². The quantitative estimate of drug-likeness (QED) is 0.703. The summed E-state index contributed by atoms with van der Waals surface area (Å²) < 4.78 is 1.94. The minimum absolute atomic E-state index is 0.0456. The SMILES string of the molecule is Cc1cccc2cc(C(=O)N3CCN(c4ccccc4)C(=O)[C@@H]3C)n(C)c12. The summed E-state index contributed by atoms with van der Waals surface area (Å²) in [6.07, 6.45) is 0. The first-order valence-electron chi connectivity index (χ1n) is 9.21. The fourth-order valence-corrected chi connectivity index (χ4v) is 3.99. The first kappa shape index (κ1) is 17.3. The molecule has 138 valence electrons. The Morgan fingerprint density at radius 2 is 1.78 bits per heavy atom. The van der Waals surface area contributed by atoms with Crippen LogP contribution >= 0.6 is 0 Å². The number of carbonyl (C=O) groups is 2. The van der Waals surface area contributed by atoms with Crippen molar-refractivity contribution in [3.8, 4) is 0 Å². The summed E-state index contributed by atoms with van der Waals surface area (Å²) >= 11 is 0. The fourth-order valence-electron chi connectivity index (χ4n) is 3.99. The number of rotatable bonds is 2. The lowest BCUT2D eigenvalue weighted by molar-refractivity contribution is -0.124. The summed E-state index contributed by atoms with van der Waals surface area (Å²) in [5.41, 5.74) is 3.68. The number of aryl methyl sites for hydroxylation is 2.